The summed E-state index contributed by atoms with van der Waals surface area (Å²) < 4.78 is 0. The van der Waals surface area contributed by atoms with Crippen molar-refractivity contribution in [2.75, 3.05) is 0 Å². The van der Waals surface area contributed by atoms with Crippen molar-refractivity contribution in [1.82, 2.24) is 20.5 Å². The maximum Gasteiger partial charge on any atom is 0.269 e. The van der Waals surface area contributed by atoms with Gasteiger partial charge < -0.3 is 15.5 Å². The summed E-state index contributed by atoms with van der Waals surface area (Å²) in [5.41, 5.74) is 3.29. The highest BCUT2D eigenvalue weighted by Crippen LogP contribution is 2.33. The minimum Gasteiger partial charge on any atom is -0.355 e. The Labute approximate surface area is 145 Å². The van der Waals surface area contributed by atoms with Crippen LogP contribution in [0.15, 0.2) is 84.7 Å². The van der Waals surface area contributed by atoms with Crippen molar-refractivity contribution in [3.8, 4) is 0 Å². The number of hydrogen-bond acceptors (Lipinski definition) is 4. The van der Waals surface area contributed by atoms with Crippen LogP contribution in [0.5, 0.6) is 0 Å². The molecular weight excluding hydrogens is 314 g/mol. The van der Waals surface area contributed by atoms with E-state index in [1.54, 1.807) is 6.20 Å². The Bertz CT molecular complexity index is 858. The zero-order valence-electron chi connectivity index (χ0n) is 13.5. The average Bonchev–Trinajstić information content (AvgIpc) is 3.07. The number of fused-ring (bicyclic) bond motifs is 1. The normalized spacial score (nSPS) is 18.1. The van der Waals surface area contributed by atoms with E-state index in [1.807, 2.05) is 67.2 Å². The minimum atomic E-state index is -0.145. The Morgan fingerprint density at radius 1 is 1.28 bits per heavy atom. The lowest BCUT2D eigenvalue weighted by atomic mass is 10.2. The molecular formula is C19H18N5O+. The molecule has 3 N–H and O–H groups in total. The van der Waals surface area contributed by atoms with Crippen molar-refractivity contribution in [3.05, 3.63) is 96.0 Å². The van der Waals surface area contributed by atoms with E-state index in [9.17, 15) is 4.79 Å². The lowest BCUT2D eigenvalue weighted by molar-refractivity contribution is -0.379. The summed E-state index contributed by atoms with van der Waals surface area (Å²) in [6, 6.07) is 9.61. The maximum absolute atomic E-state index is 12.7. The molecule has 25 heavy (non-hydrogen) atoms. The summed E-state index contributed by atoms with van der Waals surface area (Å²) in [5.74, 6) is -0.145. The van der Waals surface area contributed by atoms with Gasteiger partial charge >= 0.3 is 0 Å². The molecule has 124 valence electrons. The second-order valence-corrected chi connectivity index (χ2v) is 5.76. The standard InChI is InChI=1S/C19H17N5O/c25-19(22-13-15-7-1-3-10-21-15)17-16-8-2-4-11-24(16)18(23-17)14-6-5-9-20-12-14/h1-12,18,23H,13H2,(H,22,25)/p+1. The first-order valence-electron chi connectivity index (χ1n) is 8.11. The lowest BCUT2D eigenvalue weighted by Crippen LogP contribution is -2.32. The SMILES string of the molecule is O=C(NCc1ccccn1)C1=C2C=CC=CN2C(c2ccc[nH+]c2)N1. The predicted octanol–water partition coefficient (Wildman–Crippen LogP) is 1.41. The van der Waals surface area contributed by atoms with Crippen molar-refractivity contribution in [3.63, 3.8) is 0 Å². The highest BCUT2D eigenvalue weighted by Gasteiger charge is 2.34. The molecule has 0 aromatic carbocycles. The number of nitrogens with one attached hydrogen (secondary N) is 3. The molecule has 0 saturated heterocycles. The van der Waals surface area contributed by atoms with E-state index < -0.39 is 0 Å². The summed E-state index contributed by atoms with van der Waals surface area (Å²) in [6.07, 6.45) is 13.2. The molecule has 2 aromatic rings. The fraction of sp³-hybridized carbons (Fsp3) is 0.105. The maximum atomic E-state index is 12.7. The molecule has 2 aliphatic heterocycles. The second-order valence-electron chi connectivity index (χ2n) is 5.76. The number of nitrogens with zero attached hydrogens (tertiary/aromatic N) is 2. The molecule has 1 amide bonds. The van der Waals surface area contributed by atoms with Crippen molar-refractivity contribution in [1.29, 1.82) is 0 Å². The smallest absolute Gasteiger partial charge is 0.269 e. The molecule has 0 bridgehead atoms. The molecule has 0 aliphatic carbocycles. The van der Waals surface area contributed by atoms with Crippen LogP contribution in [0.25, 0.3) is 0 Å². The zero-order valence-corrected chi connectivity index (χ0v) is 13.5. The van der Waals surface area contributed by atoms with Gasteiger partial charge in [0.15, 0.2) is 12.4 Å². The number of pyridine rings is 2. The predicted molar refractivity (Wildman–Crippen MR) is 92.1 cm³/mol. The van der Waals surface area contributed by atoms with E-state index in [0.29, 0.717) is 12.2 Å². The second kappa shape index (κ2) is 6.60. The molecule has 6 nitrogen and oxygen atoms in total. The Hall–Kier alpha value is -3.41. The number of H-pyrrole nitrogens is 1. The Morgan fingerprint density at radius 2 is 2.24 bits per heavy atom. The van der Waals surface area contributed by atoms with Crippen LogP contribution in [0, 0.1) is 0 Å². The topological polar surface area (TPSA) is 71.4 Å². The molecule has 0 fully saturated rings. The minimum absolute atomic E-state index is 0.121. The number of carbonyl (C=O) groups excluding carboxylic acids is 1. The fourth-order valence-corrected chi connectivity index (χ4v) is 2.94. The number of carbonyl (C=O) groups is 1. The Morgan fingerprint density at radius 3 is 3.04 bits per heavy atom. The first-order chi connectivity index (χ1) is 12.3. The van der Waals surface area contributed by atoms with Gasteiger partial charge in [0.05, 0.1) is 23.5 Å². The molecule has 4 heterocycles. The van der Waals surface area contributed by atoms with Gasteiger partial charge in [-0.15, -0.1) is 0 Å². The lowest BCUT2D eigenvalue weighted by Gasteiger charge is -2.24. The van der Waals surface area contributed by atoms with Crippen LogP contribution in [0.1, 0.15) is 17.4 Å². The van der Waals surface area contributed by atoms with Gasteiger partial charge in [0.1, 0.15) is 11.9 Å². The fourth-order valence-electron chi connectivity index (χ4n) is 2.94. The number of rotatable bonds is 4. The third-order valence-corrected chi connectivity index (χ3v) is 4.14. The van der Waals surface area contributed by atoms with E-state index in [2.05, 4.69) is 25.5 Å². The molecule has 6 heteroatoms. The Balaban J connectivity index is 1.55. The number of allylic oxidation sites excluding steroid dienone is 3. The quantitative estimate of drug-likeness (QED) is 0.888. The van der Waals surface area contributed by atoms with Crippen molar-refractivity contribution >= 4 is 5.91 Å². The first kappa shape index (κ1) is 15.1. The van der Waals surface area contributed by atoms with Crippen LogP contribution in [0.2, 0.25) is 0 Å². The third kappa shape index (κ3) is 3.01. The van der Waals surface area contributed by atoms with Crippen LogP contribution in [-0.4, -0.2) is 15.8 Å². The van der Waals surface area contributed by atoms with Gasteiger partial charge in [-0.2, -0.15) is 0 Å². The molecule has 0 spiro atoms. The van der Waals surface area contributed by atoms with E-state index >= 15 is 0 Å². The molecule has 1 atom stereocenters. The monoisotopic (exact) mass is 332 g/mol. The summed E-state index contributed by atoms with van der Waals surface area (Å²) >= 11 is 0. The molecule has 4 rings (SSSR count). The Kier molecular flexibility index (Phi) is 4.00. The van der Waals surface area contributed by atoms with Crippen LogP contribution in [0.4, 0.5) is 0 Å². The number of hydrogen-bond donors (Lipinski definition) is 2. The number of aromatic amines is 1. The molecule has 2 aliphatic rings. The van der Waals surface area contributed by atoms with Crippen LogP contribution in [0.3, 0.4) is 0 Å². The van der Waals surface area contributed by atoms with Gasteiger partial charge in [-0.05, 0) is 30.4 Å². The van der Waals surface area contributed by atoms with E-state index in [4.69, 9.17) is 0 Å². The number of aromatic nitrogens is 2. The van der Waals surface area contributed by atoms with Crippen molar-refractivity contribution < 1.29 is 9.78 Å². The summed E-state index contributed by atoms with van der Waals surface area (Å²) in [6.45, 7) is 0.390. The summed E-state index contributed by atoms with van der Waals surface area (Å²) in [5, 5.41) is 6.27. The first-order valence-corrected chi connectivity index (χ1v) is 8.11. The third-order valence-electron chi connectivity index (χ3n) is 4.14. The zero-order chi connectivity index (χ0) is 17.1. The van der Waals surface area contributed by atoms with Gasteiger partial charge in [-0.3, -0.25) is 9.78 Å². The molecule has 0 saturated carbocycles. The van der Waals surface area contributed by atoms with Gasteiger partial charge in [0, 0.05) is 18.5 Å². The number of amides is 1. The van der Waals surface area contributed by atoms with Crippen molar-refractivity contribution in [2.45, 2.75) is 12.7 Å². The van der Waals surface area contributed by atoms with Gasteiger partial charge in [-0.1, -0.05) is 12.1 Å². The highest BCUT2D eigenvalue weighted by atomic mass is 16.2. The van der Waals surface area contributed by atoms with Crippen molar-refractivity contribution in [2.24, 2.45) is 0 Å². The molecule has 0 radical (unpaired) electrons. The summed E-state index contributed by atoms with van der Waals surface area (Å²) in [7, 11) is 0. The summed E-state index contributed by atoms with van der Waals surface area (Å²) in [4.78, 5) is 22.1. The largest absolute Gasteiger partial charge is 0.355 e. The van der Waals surface area contributed by atoms with E-state index in [-0.39, 0.29) is 12.1 Å². The van der Waals surface area contributed by atoms with Gasteiger partial charge in [-0.25, -0.2) is 4.98 Å². The highest BCUT2D eigenvalue weighted by molar-refractivity contribution is 5.94. The van der Waals surface area contributed by atoms with Crippen LogP contribution in [-0.2, 0) is 11.3 Å². The average molecular weight is 332 g/mol. The van der Waals surface area contributed by atoms with E-state index in [1.165, 1.54) is 0 Å². The van der Waals surface area contributed by atoms with Gasteiger partial charge in [0.25, 0.3) is 5.91 Å². The molecule has 1 unspecified atom stereocenters. The molecule has 2 aromatic heterocycles. The van der Waals surface area contributed by atoms with Crippen LogP contribution >= 0.6 is 0 Å². The van der Waals surface area contributed by atoms with Gasteiger partial charge in [0.2, 0.25) is 0 Å². The van der Waals surface area contributed by atoms with Crippen LogP contribution < -0.4 is 15.6 Å². The van der Waals surface area contributed by atoms with E-state index in [0.717, 1.165) is 17.0 Å².